The Morgan fingerprint density at radius 2 is 1.88 bits per heavy atom. The molecule has 0 atom stereocenters. The molecule has 0 aliphatic heterocycles. The van der Waals surface area contributed by atoms with Crippen LogP contribution in [-0.2, 0) is 15.4 Å². The lowest BCUT2D eigenvalue weighted by Gasteiger charge is -2.17. The Morgan fingerprint density at radius 1 is 1.20 bits per heavy atom. The van der Waals surface area contributed by atoms with Crippen LogP contribution in [-0.4, -0.2) is 28.2 Å². The van der Waals surface area contributed by atoms with E-state index in [4.69, 9.17) is 0 Å². The maximum atomic E-state index is 13.0. The third kappa shape index (κ3) is 3.39. The Morgan fingerprint density at radius 3 is 2.48 bits per heavy atom. The molecule has 0 unspecified atom stereocenters. The van der Waals surface area contributed by atoms with Crippen LogP contribution >= 0.6 is 0 Å². The Kier molecular flexibility index (Phi) is 4.10. The zero-order valence-corrected chi connectivity index (χ0v) is 15.8. The maximum absolute atomic E-state index is 13.0. The van der Waals surface area contributed by atoms with Gasteiger partial charge >= 0.3 is 0 Å². The molecule has 0 aliphatic rings. The first-order valence-electron chi connectivity index (χ1n) is 8.15. The third-order valence-corrected chi connectivity index (χ3v) is 5.19. The fraction of sp³-hybridized carbons (Fsp3) is 0.412. The molecule has 2 aromatic heterocycles. The van der Waals surface area contributed by atoms with Gasteiger partial charge in [-0.15, -0.1) is 0 Å². The minimum absolute atomic E-state index is 0.0660. The molecule has 1 aromatic carbocycles. The second kappa shape index (κ2) is 5.87. The van der Waals surface area contributed by atoms with Gasteiger partial charge in [0.15, 0.2) is 0 Å². The van der Waals surface area contributed by atoms with Crippen molar-refractivity contribution in [3.63, 3.8) is 0 Å². The van der Waals surface area contributed by atoms with Crippen LogP contribution in [0.5, 0.6) is 0 Å². The Hall–Kier alpha value is -2.35. The van der Waals surface area contributed by atoms with Gasteiger partial charge < -0.3 is 4.98 Å². The number of fused-ring (bicyclic) bond motifs is 1. The van der Waals surface area contributed by atoms with Crippen molar-refractivity contribution >= 4 is 27.0 Å². The number of imidazole rings is 1. The summed E-state index contributed by atoms with van der Waals surface area (Å²) >= 11 is 0. The van der Waals surface area contributed by atoms with Gasteiger partial charge in [-0.2, -0.15) is 5.10 Å². The van der Waals surface area contributed by atoms with Gasteiger partial charge in [0.1, 0.15) is 4.90 Å². The molecule has 3 rings (SSSR count). The van der Waals surface area contributed by atoms with E-state index in [1.807, 2.05) is 58.9 Å². The average Bonchev–Trinajstić information content (AvgIpc) is 3.10. The normalized spacial score (nSPS) is 12.9. The Labute approximate surface area is 147 Å². The van der Waals surface area contributed by atoms with Crippen LogP contribution < -0.4 is 4.72 Å². The molecule has 8 heteroatoms. The average molecular weight is 361 g/mol. The molecule has 0 aliphatic carbocycles. The van der Waals surface area contributed by atoms with Gasteiger partial charge in [0, 0.05) is 17.7 Å². The third-order valence-electron chi connectivity index (χ3n) is 3.85. The quantitative estimate of drug-likeness (QED) is 0.744. The monoisotopic (exact) mass is 361 g/mol. The van der Waals surface area contributed by atoms with Crippen molar-refractivity contribution in [3.8, 4) is 0 Å². The van der Waals surface area contributed by atoms with Crippen molar-refractivity contribution in [1.29, 1.82) is 0 Å². The summed E-state index contributed by atoms with van der Waals surface area (Å²) in [5.74, 6) is 0.193. The Balaban J connectivity index is 2.04. The summed E-state index contributed by atoms with van der Waals surface area (Å²) in [6.07, 6.45) is 1.58. The highest BCUT2D eigenvalue weighted by molar-refractivity contribution is 7.92. The van der Waals surface area contributed by atoms with Crippen LogP contribution in [0.4, 0.5) is 5.95 Å². The van der Waals surface area contributed by atoms with Crippen molar-refractivity contribution in [1.82, 2.24) is 19.7 Å². The second-order valence-electron chi connectivity index (χ2n) is 7.37. The maximum Gasteiger partial charge on any atom is 0.267 e. The van der Waals surface area contributed by atoms with Gasteiger partial charge in [-0.1, -0.05) is 32.9 Å². The lowest BCUT2D eigenvalue weighted by molar-refractivity contribution is 0.493. The zero-order chi connectivity index (χ0) is 18.4. The fourth-order valence-electron chi connectivity index (χ4n) is 2.54. The van der Waals surface area contributed by atoms with E-state index < -0.39 is 15.4 Å². The molecular formula is C17H23N5O2S. The molecule has 0 bridgehead atoms. The van der Waals surface area contributed by atoms with Gasteiger partial charge in [-0.05, 0) is 26.0 Å². The van der Waals surface area contributed by atoms with Crippen molar-refractivity contribution in [3.05, 3.63) is 36.2 Å². The first-order chi connectivity index (χ1) is 11.6. The Bertz CT molecular complexity index is 976. The van der Waals surface area contributed by atoms with Crippen LogP contribution in [0.3, 0.4) is 0 Å². The van der Waals surface area contributed by atoms with Crippen molar-refractivity contribution < 1.29 is 8.42 Å². The van der Waals surface area contributed by atoms with E-state index in [2.05, 4.69) is 19.8 Å². The number of H-pyrrole nitrogens is 1. The number of aromatic nitrogens is 4. The van der Waals surface area contributed by atoms with E-state index in [0.29, 0.717) is 11.2 Å². The fourth-order valence-corrected chi connectivity index (χ4v) is 3.85. The highest BCUT2D eigenvalue weighted by Crippen LogP contribution is 2.29. The molecule has 0 radical (unpaired) electrons. The number of rotatable bonds is 4. The number of benzene rings is 1. The molecule has 25 heavy (non-hydrogen) atoms. The minimum Gasteiger partial charge on any atom is -0.323 e. The topological polar surface area (TPSA) is 92.7 Å². The molecule has 7 nitrogen and oxygen atoms in total. The summed E-state index contributed by atoms with van der Waals surface area (Å²) in [7, 11) is -3.81. The predicted octanol–water partition coefficient (Wildman–Crippen LogP) is 3.44. The van der Waals surface area contributed by atoms with Crippen molar-refractivity contribution in [2.75, 3.05) is 4.72 Å². The van der Waals surface area contributed by atoms with E-state index in [9.17, 15) is 8.42 Å². The molecule has 0 saturated heterocycles. The SMILES string of the molecule is CC(C)n1cc(S(=O)(=O)Nc2nc3ccccc3[nH]2)c(C(C)(C)C)n1. The standard InChI is InChI=1S/C17H23N5O2S/c1-11(2)22-10-14(15(20-22)17(3,4)5)25(23,24)21-16-18-12-8-6-7-9-13(12)19-16/h6-11H,1-5H3,(H2,18,19,21). The van der Waals surface area contributed by atoms with E-state index >= 15 is 0 Å². The molecule has 0 saturated carbocycles. The van der Waals surface area contributed by atoms with Crippen LogP contribution in [0.25, 0.3) is 11.0 Å². The first kappa shape index (κ1) is 17.5. The van der Waals surface area contributed by atoms with Crippen molar-refractivity contribution in [2.45, 2.75) is 51.0 Å². The summed E-state index contributed by atoms with van der Waals surface area (Å²) < 4.78 is 30.1. The smallest absolute Gasteiger partial charge is 0.267 e. The number of sulfonamides is 1. The van der Waals surface area contributed by atoms with Gasteiger partial charge in [-0.3, -0.25) is 4.68 Å². The predicted molar refractivity (Wildman–Crippen MR) is 98.2 cm³/mol. The summed E-state index contributed by atoms with van der Waals surface area (Å²) in [5, 5.41) is 4.50. The number of anilines is 1. The summed E-state index contributed by atoms with van der Waals surface area (Å²) in [6.45, 7) is 9.76. The van der Waals surface area contributed by atoms with Crippen LogP contribution in [0.1, 0.15) is 46.4 Å². The van der Waals surface area contributed by atoms with Crippen LogP contribution in [0.2, 0.25) is 0 Å². The molecule has 2 heterocycles. The van der Waals surface area contributed by atoms with Crippen LogP contribution in [0, 0.1) is 0 Å². The molecule has 0 fully saturated rings. The zero-order valence-electron chi connectivity index (χ0n) is 15.0. The number of hydrogen-bond donors (Lipinski definition) is 2. The highest BCUT2D eigenvalue weighted by atomic mass is 32.2. The number of nitrogens with one attached hydrogen (secondary N) is 2. The van der Waals surface area contributed by atoms with E-state index in [1.165, 1.54) is 0 Å². The number of nitrogens with zero attached hydrogens (tertiary/aromatic N) is 3. The van der Waals surface area contributed by atoms with E-state index in [-0.39, 0.29) is 16.9 Å². The summed E-state index contributed by atoms with van der Waals surface area (Å²) in [4.78, 5) is 7.44. The number of para-hydroxylation sites is 2. The summed E-state index contributed by atoms with van der Waals surface area (Å²) in [5.41, 5.74) is 1.60. The number of hydrogen-bond acceptors (Lipinski definition) is 4. The van der Waals surface area contributed by atoms with Gasteiger partial charge in [0.2, 0.25) is 5.95 Å². The minimum atomic E-state index is -3.81. The number of aromatic amines is 1. The lowest BCUT2D eigenvalue weighted by Crippen LogP contribution is -2.20. The second-order valence-corrected chi connectivity index (χ2v) is 9.02. The van der Waals surface area contributed by atoms with Gasteiger partial charge in [0.25, 0.3) is 10.0 Å². The molecule has 2 N–H and O–H groups in total. The van der Waals surface area contributed by atoms with Gasteiger partial charge in [0.05, 0.1) is 16.7 Å². The molecule has 0 amide bonds. The lowest BCUT2D eigenvalue weighted by atomic mass is 9.92. The van der Waals surface area contributed by atoms with Crippen LogP contribution in [0.15, 0.2) is 35.4 Å². The van der Waals surface area contributed by atoms with Gasteiger partial charge in [-0.25, -0.2) is 18.1 Å². The van der Waals surface area contributed by atoms with E-state index in [1.54, 1.807) is 10.9 Å². The summed E-state index contributed by atoms with van der Waals surface area (Å²) in [6, 6.07) is 7.45. The first-order valence-corrected chi connectivity index (χ1v) is 9.63. The van der Waals surface area contributed by atoms with Crippen molar-refractivity contribution in [2.24, 2.45) is 0 Å². The molecule has 134 valence electrons. The molecular weight excluding hydrogens is 338 g/mol. The largest absolute Gasteiger partial charge is 0.323 e. The van der Waals surface area contributed by atoms with E-state index in [0.717, 1.165) is 5.52 Å². The molecule has 3 aromatic rings. The highest BCUT2D eigenvalue weighted by Gasteiger charge is 2.31. The molecule has 0 spiro atoms.